The first-order valence-electron chi connectivity index (χ1n) is 14.5. The summed E-state index contributed by atoms with van der Waals surface area (Å²) in [6.07, 6.45) is 8.66. The van der Waals surface area contributed by atoms with Crippen LogP contribution in [-0.4, -0.2) is 52.2 Å². The molecule has 6 rings (SSSR count). The van der Waals surface area contributed by atoms with E-state index in [1.165, 1.54) is 17.4 Å². The molecule has 0 spiro atoms. The van der Waals surface area contributed by atoms with Crippen molar-refractivity contribution in [3.8, 4) is 22.1 Å². The first-order valence-corrected chi connectivity index (χ1v) is 15.4. The first-order chi connectivity index (χ1) is 20.4. The van der Waals surface area contributed by atoms with Crippen LogP contribution in [0.15, 0.2) is 54.9 Å². The summed E-state index contributed by atoms with van der Waals surface area (Å²) < 4.78 is 27.4. The predicted octanol–water partition coefficient (Wildman–Crippen LogP) is 6.77. The molecule has 9 heteroatoms. The van der Waals surface area contributed by atoms with Crippen LogP contribution in [0.3, 0.4) is 0 Å². The molecule has 4 aromatic rings. The molecule has 0 atom stereocenters. The molecule has 42 heavy (non-hydrogen) atoms. The molecular weight excluding hydrogens is 553 g/mol. The molecule has 4 heterocycles. The van der Waals surface area contributed by atoms with Gasteiger partial charge in [0.05, 0.1) is 26.9 Å². The lowest BCUT2D eigenvalue weighted by molar-refractivity contribution is -0.124. The fourth-order valence-corrected chi connectivity index (χ4v) is 6.35. The van der Waals surface area contributed by atoms with Crippen LogP contribution < -0.4 is 4.74 Å². The number of aromatic nitrogens is 2. The van der Waals surface area contributed by atoms with Gasteiger partial charge in [-0.25, -0.2) is 4.39 Å². The predicted molar refractivity (Wildman–Crippen MR) is 160 cm³/mol. The zero-order valence-corrected chi connectivity index (χ0v) is 24.5. The Morgan fingerprint density at radius 1 is 1.00 bits per heavy atom. The number of piperidine rings is 1. The van der Waals surface area contributed by atoms with E-state index in [1.54, 1.807) is 31.3 Å². The van der Waals surface area contributed by atoms with E-state index >= 15 is 0 Å². The Labute approximate surface area is 248 Å². The number of ketones is 2. The molecule has 1 aromatic carbocycles. The number of fused-ring (bicyclic) bond motifs is 1. The van der Waals surface area contributed by atoms with Crippen LogP contribution >= 0.6 is 11.3 Å². The molecule has 3 aromatic heterocycles. The number of benzene rings is 1. The zero-order valence-electron chi connectivity index (χ0n) is 23.7. The fourth-order valence-electron chi connectivity index (χ4n) is 5.31. The number of carbonyl (C=O) groups is 2. The van der Waals surface area contributed by atoms with Crippen LogP contribution in [0.2, 0.25) is 0 Å². The van der Waals surface area contributed by atoms with Gasteiger partial charge in [-0.3, -0.25) is 24.5 Å². The van der Waals surface area contributed by atoms with Crippen LogP contribution in [0.5, 0.6) is 11.5 Å². The van der Waals surface area contributed by atoms with E-state index in [9.17, 15) is 14.0 Å². The maximum absolute atomic E-state index is 14.9. The minimum Gasteiger partial charge on any atom is -0.453 e. The Morgan fingerprint density at radius 3 is 2.52 bits per heavy atom. The summed E-state index contributed by atoms with van der Waals surface area (Å²) in [6.45, 7) is 4.42. The molecule has 0 unspecified atom stereocenters. The number of carbonyl (C=O) groups excluding carboxylic acids is 2. The van der Waals surface area contributed by atoms with Gasteiger partial charge in [0.25, 0.3) is 0 Å². The zero-order chi connectivity index (χ0) is 29.1. The van der Waals surface area contributed by atoms with Crippen LogP contribution in [0.1, 0.15) is 50.2 Å². The maximum atomic E-state index is 14.9. The van der Waals surface area contributed by atoms with Crippen molar-refractivity contribution in [1.82, 2.24) is 14.9 Å². The normalized spacial score (nSPS) is 16.1. The fraction of sp³-hybridized carbons (Fsp3) is 0.394. The summed E-state index contributed by atoms with van der Waals surface area (Å²) in [4.78, 5) is 35.9. The van der Waals surface area contributed by atoms with Crippen LogP contribution in [0.25, 0.3) is 20.8 Å². The molecule has 1 aliphatic heterocycles. The van der Waals surface area contributed by atoms with Gasteiger partial charge < -0.3 is 9.47 Å². The molecule has 0 bridgehead atoms. The summed E-state index contributed by atoms with van der Waals surface area (Å²) in [5.74, 6) is 0.907. The molecule has 1 saturated heterocycles. The van der Waals surface area contributed by atoms with E-state index in [4.69, 9.17) is 14.5 Å². The monoisotopic (exact) mass is 587 g/mol. The summed E-state index contributed by atoms with van der Waals surface area (Å²) in [6, 6.07) is 12.6. The van der Waals surface area contributed by atoms with Gasteiger partial charge in [-0.05, 0) is 73.9 Å². The lowest BCUT2D eigenvalue weighted by atomic mass is 10.0. The van der Waals surface area contributed by atoms with Gasteiger partial charge in [-0.15, -0.1) is 11.3 Å². The van der Waals surface area contributed by atoms with Crippen LogP contribution in [-0.2, 0) is 27.3 Å². The highest BCUT2D eigenvalue weighted by atomic mass is 32.1. The van der Waals surface area contributed by atoms with E-state index in [-0.39, 0.29) is 36.4 Å². The van der Waals surface area contributed by atoms with Gasteiger partial charge in [0.15, 0.2) is 17.3 Å². The van der Waals surface area contributed by atoms with Crippen molar-refractivity contribution in [1.29, 1.82) is 0 Å². The van der Waals surface area contributed by atoms with Crippen molar-refractivity contribution in [3.05, 3.63) is 71.8 Å². The Kier molecular flexibility index (Phi) is 8.69. The molecule has 218 valence electrons. The molecule has 0 N–H and O–H groups in total. The number of thiophene rings is 1. The molecule has 1 saturated carbocycles. The summed E-state index contributed by atoms with van der Waals surface area (Å²) in [5, 5.41) is 0. The van der Waals surface area contributed by atoms with Crippen molar-refractivity contribution < 1.29 is 23.5 Å². The summed E-state index contributed by atoms with van der Waals surface area (Å²) in [5.41, 5.74) is 3.41. The van der Waals surface area contributed by atoms with Crippen molar-refractivity contribution in [2.75, 3.05) is 19.7 Å². The number of halogens is 1. The van der Waals surface area contributed by atoms with Gasteiger partial charge in [-0.1, -0.05) is 12.1 Å². The van der Waals surface area contributed by atoms with Gasteiger partial charge in [0.2, 0.25) is 0 Å². The number of likely N-dealkylation sites (tertiary alicyclic amines) is 1. The maximum Gasteiger partial charge on any atom is 0.166 e. The topological polar surface area (TPSA) is 81.6 Å². The molecule has 1 aliphatic carbocycles. The van der Waals surface area contributed by atoms with E-state index in [1.807, 2.05) is 18.3 Å². The number of Topliss-reactive ketones (excluding diaryl/α,β-unsaturated/α-hetero) is 2. The summed E-state index contributed by atoms with van der Waals surface area (Å²) in [7, 11) is 0. The lowest BCUT2D eigenvalue weighted by Crippen LogP contribution is -2.37. The van der Waals surface area contributed by atoms with E-state index in [0.717, 1.165) is 71.7 Å². The minimum absolute atomic E-state index is 0.0643. The van der Waals surface area contributed by atoms with Gasteiger partial charge in [-0.2, -0.15) is 0 Å². The van der Waals surface area contributed by atoms with E-state index in [2.05, 4.69) is 16.0 Å². The van der Waals surface area contributed by atoms with E-state index < -0.39 is 5.82 Å². The Bertz CT molecular complexity index is 1580. The standard InChI is InChI=1S/C33H34FN3O4S/c1-21(38)20-40-26-9-12-37(13-10-26)19-24-4-6-28(36-18-24)32-17-29-33(42-32)31(8-11-35-29)41-30-7-5-23(16-27(30)34)15-25(39)14-22-2-3-22/h4-8,11,16-18,22,26H,2-3,9-10,12-15,19-20H2,1H3. The second-order valence-electron chi connectivity index (χ2n) is 11.4. The minimum atomic E-state index is -0.487. The Hall–Kier alpha value is -3.53. The van der Waals surface area contributed by atoms with Crippen molar-refractivity contribution in [2.45, 2.75) is 58.1 Å². The quantitative estimate of drug-likeness (QED) is 0.181. The smallest absolute Gasteiger partial charge is 0.166 e. The highest BCUT2D eigenvalue weighted by molar-refractivity contribution is 7.22. The average molecular weight is 588 g/mol. The Balaban J connectivity index is 1.09. The highest BCUT2D eigenvalue weighted by Gasteiger charge is 2.24. The number of rotatable bonds is 12. The number of nitrogens with zero attached hydrogens (tertiary/aromatic N) is 3. The van der Waals surface area contributed by atoms with Gasteiger partial charge in [0.1, 0.15) is 18.1 Å². The summed E-state index contributed by atoms with van der Waals surface area (Å²) >= 11 is 1.51. The molecule has 7 nitrogen and oxygen atoms in total. The third-order valence-corrected chi connectivity index (χ3v) is 8.91. The second-order valence-corrected chi connectivity index (χ2v) is 12.5. The van der Waals surface area contributed by atoms with Crippen molar-refractivity contribution in [2.24, 2.45) is 5.92 Å². The third kappa shape index (κ3) is 7.27. The van der Waals surface area contributed by atoms with E-state index in [0.29, 0.717) is 23.7 Å². The van der Waals surface area contributed by atoms with Crippen molar-refractivity contribution in [3.63, 3.8) is 0 Å². The number of hydrogen-bond acceptors (Lipinski definition) is 8. The molecule has 0 radical (unpaired) electrons. The molecule has 2 fully saturated rings. The lowest BCUT2D eigenvalue weighted by Gasteiger charge is -2.31. The van der Waals surface area contributed by atoms with Crippen LogP contribution in [0.4, 0.5) is 4.39 Å². The van der Waals surface area contributed by atoms with Crippen molar-refractivity contribution >= 4 is 33.1 Å². The molecule has 2 aliphatic rings. The van der Waals surface area contributed by atoms with Crippen LogP contribution in [0, 0.1) is 11.7 Å². The number of ether oxygens (including phenoxy) is 2. The SMILES string of the molecule is CC(=O)COC1CCN(Cc2ccc(-c3cc4nccc(Oc5ccc(CC(=O)CC6CC6)cc5F)c4s3)nc2)CC1. The van der Waals surface area contributed by atoms with Gasteiger partial charge >= 0.3 is 0 Å². The number of hydrogen-bond donors (Lipinski definition) is 0. The van der Waals surface area contributed by atoms with Gasteiger partial charge in [0, 0.05) is 50.9 Å². The first kappa shape index (κ1) is 28.6. The molecular formula is C33H34FN3O4S. The average Bonchev–Trinajstić information content (AvgIpc) is 3.68. The Morgan fingerprint density at radius 2 is 1.81 bits per heavy atom. The molecule has 0 amide bonds. The highest BCUT2D eigenvalue weighted by Crippen LogP contribution is 2.39. The third-order valence-electron chi connectivity index (χ3n) is 7.75. The second kappa shape index (κ2) is 12.8. The number of pyridine rings is 2. The largest absolute Gasteiger partial charge is 0.453 e.